The number of hydrogen-bond acceptors (Lipinski definition) is 2. The molecule has 166 valence electrons. The predicted molar refractivity (Wildman–Crippen MR) is 143 cm³/mol. The van der Waals surface area contributed by atoms with Crippen molar-refractivity contribution < 1.29 is 4.42 Å². The Morgan fingerprint density at radius 1 is 0.686 bits per heavy atom. The lowest BCUT2D eigenvalue weighted by Crippen LogP contribution is -2.14. The van der Waals surface area contributed by atoms with Crippen molar-refractivity contribution in [2.45, 2.75) is 19.3 Å². The highest BCUT2D eigenvalue weighted by Crippen LogP contribution is 2.51. The van der Waals surface area contributed by atoms with Gasteiger partial charge in [0.15, 0.2) is 12.0 Å². The summed E-state index contributed by atoms with van der Waals surface area (Å²) in [5.41, 5.74) is 10.6. The molecule has 3 nitrogen and oxygen atoms in total. The second-order valence-electron chi connectivity index (χ2n) is 10.1. The Morgan fingerprint density at radius 2 is 1.43 bits per heavy atom. The highest BCUT2D eigenvalue weighted by atomic mass is 16.3. The number of fused-ring (bicyclic) bond motifs is 8. The van der Waals surface area contributed by atoms with Crippen LogP contribution in [0.5, 0.6) is 0 Å². The van der Waals surface area contributed by atoms with Gasteiger partial charge >= 0.3 is 0 Å². The first-order valence-corrected chi connectivity index (χ1v) is 12.0. The van der Waals surface area contributed by atoms with Gasteiger partial charge in [0.1, 0.15) is 5.52 Å². The van der Waals surface area contributed by atoms with Crippen LogP contribution in [-0.2, 0) is 5.41 Å². The minimum absolute atomic E-state index is 0.0376. The van der Waals surface area contributed by atoms with Crippen molar-refractivity contribution in [2.24, 2.45) is 0 Å². The molecule has 0 unspecified atom stereocenters. The Balaban J connectivity index is 1.56. The molecule has 0 amide bonds. The third-order valence-electron chi connectivity index (χ3n) is 7.91. The maximum atomic E-state index is 5.67. The molecule has 0 spiro atoms. The van der Waals surface area contributed by atoms with Gasteiger partial charge in [-0.1, -0.05) is 62.4 Å². The summed E-state index contributed by atoms with van der Waals surface area (Å²) in [6.07, 6.45) is 1.51. The van der Waals surface area contributed by atoms with E-state index in [0.29, 0.717) is 0 Å². The Hall–Kier alpha value is -4.37. The average Bonchev–Trinajstić information content (AvgIpc) is 3.53. The molecule has 0 bridgehead atoms. The molecule has 0 N–H and O–H groups in total. The molecule has 0 fully saturated rings. The molecule has 8 rings (SSSR count). The second-order valence-corrected chi connectivity index (χ2v) is 10.1. The van der Waals surface area contributed by atoms with Crippen molar-refractivity contribution in [1.82, 2.24) is 9.55 Å². The number of rotatable bonds is 1. The van der Waals surface area contributed by atoms with Gasteiger partial charge in [-0.05, 0) is 69.4 Å². The van der Waals surface area contributed by atoms with Crippen molar-refractivity contribution >= 4 is 43.7 Å². The lowest BCUT2D eigenvalue weighted by Gasteiger charge is -2.21. The first kappa shape index (κ1) is 19.0. The number of hydrogen-bond donors (Lipinski definition) is 0. The van der Waals surface area contributed by atoms with Gasteiger partial charge in [0, 0.05) is 22.3 Å². The van der Waals surface area contributed by atoms with E-state index in [-0.39, 0.29) is 5.41 Å². The maximum absolute atomic E-state index is 5.67. The van der Waals surface area contributed by atoms with Crippen LogP contribution < -0.4 is 0 Å². The number of oxazole rings is 1. The van der Waals surface area contributed by atoms with E-state index in [9.17, 15) is 0 Å². The summed E-state index contributed by atoms with van der Waals surface area (Å²) >= 11 is 0. The summed E-state index contributed by atoms with van der Waals surface area (Å²) in [5.74, 6) is 0. The minimum atomic E-state index is -0.0376. The average molecular weight is 451 g/mol. The van der Waals surface area contributed by atoms with Gasteiger partial charge in [-0.25, -0.2) is 4.98 Å². The minimum Gasteiger partial charge on any atom is -0.443 e. The highest BCUT2D eigenvalue weighted by Gasteiger charge is 2.36. The molecule has 0 atom stereocenters. The number of aromatic nitrogens is 2. The van der Waals surface area contributed by atoms with Crippen LogP contribution in [0.25, 0.3) is 60.5 Å². The summed E-state index contributed by atoms with van der Waals surface area (Å²) in [6, 6.07) is 33.2. The zero-order valence-corrected chi connectivity index (χ0v) is 19.5. The third kappa shape index (κ3) is 2.42. The molecule has 3 heteroatoms. The van der Waals surface area contributed by atoms with Crippen molar-refractivity contribution in [2.75, 3.05) is 0 Å². The SMILES string of the molecule is CC1(C)c2ccccc2-c2cc3c(cc21)c1cc2ccccc2cc1n3-c1ccc2ncoc2c1. The summed E-state index contributed by atoms with van der Waals surface area (Å²) in [6.45, 7) is 4.69. The van der Waals surface area contributed by atoms with E-state index in [1.54, 1.807) is 0 Å². The third-order valence-corrected chi connectivity index (χ3v) is 7.91. The van der Waals surface area contributed by atoms with Gasteiger partial charge in [-0.15, -0.1) is 0 Å². The van der Waals surface area contributed by atoms with Gasteiger partial charge in [0.2, 0.25) is 0 Å². The first-order valence-electron chi connectivity index (χ1n) is 12.0. The van der Waals surface area contributed by atoms with Crippen molar-refractivity contribution in [3.05, 3.63) is 109 Å². The molecule has 0 saturated carbocycles. The smallest absolute Gasteiger partial charge is 0.181 e. The Morgan fingerprint density at radius 3 is 2.31 bits per heavy atom. The van der Waals surface area contributed by atoms with Crippen LogP contribution in [-0.4, -0.2) is 9.55 Å². The molecule has 2 aromatic heterocycles. The molecule has 5 aromatic carbocycles. The molecule has 2 heterocycles. The van der Waals surface area contributed by atoms with Gasteiger partial charge < -0.3 is 8.98 Å². The van der Waals surface area contributed by atoms with Crippen LogP contribution in [0, 0.1) is 0 Å². The van der Waals surface area contributed by atoms with Crippen molar-refractivity contribution in [3.8, 4) is 16.8 Å². The van der Waals surface area contributed by atoms with Gasteiger partial charge in [0.25, 0.3) is 0 Å². The number of nitrogens with zero attached hydrogens (tertiary/aromatic N) is 2. The van der Waals surface area contributed by atoms with E-state index < -0.39 is 0 Å². The fourth-order valence-corrected chi connectivity index (χ4v) is 6.16. The molecule has 7 aromatic rings. The molecular weight excluding hydrogens is 428 g/mol. The van der Waals surface area contributed by atoms with Gasteiger partial charge in [-0.3, -0.25) is 0 Å². The Bertz CT molecular complexity index is 1990. The van der Waals surface area contributed by atoms with Crippen LogP contribution in [0.4, 0.5) is 0 Å². The monoisotopic (exact) mass is 450 g/mol. The normalized spacial score (nSPS) is 14.2. The summed E-state index contributed by atoms with van der Waals surface area (Å²) in [5, 5.41) is 5.05. The maximum Gasteiger partial charge on any atom is 0.181 e. The van der Waals surface area contributed by atoms with E-state index >= 15 is 0 Å². The van der Waals surface area contributed by atoms with E-state index in [4.69, 9.17) is 4.42 Å². The van der Waals surface area contributed by atoms with Crippen LogP contribution in [0.2, 0.25) is 0 Å². The lowest BCUT2D eigenvalue weighted by molar-refractivity contribution is 0.602. The molecule has 0 aliphatic heterocycles. The topological polar surface area (TPSA) is 31.0 Å². The molecule has 0 radical (unpaired) electrons. The molecule has 1 aliphatic carbocycles. The van der Waals surface area contributed by atoms with Crippen LogP contribution in [0.15, 0.2) is 102 Å². The van der Waals surface area contributed by atoms with E-state index in [0.717, 1.165) is 16.8 Å². The standard InChI is InChI=1S/C32H22N2O/c1-32(2)26-10-6-5-9-22(26)23-17-30-25(16-27(23)32)24-13-19-7-3-4-8-20(19)14-29(24)34(30)21-11-12-28-31(15-21)35-18-33-28/h3-18H,1-2H3. The first-order chi connectivity index (χ1) is 17.1. The second kappa shape index (κ2) is 6.39. The van der Waals surface area contributed by atoms with Gasteiger partial charge in [0.05, 0.1) is 16.7 Å². The Kier molecular flexibility index (Phi) is 3.47. The van der Waals surface area contributed by atoms with Crippen LogP contribution in [0.1, 0.15) is 25.0 Å². The van der Waals surface area contributed by atoms with Gasteiger partial charge in [-0.2, -0.15) is 0 Å². The van der Waals surface area contributed by atoms with Crippen molar-refractivity contribution in [3.63, 3.8) is 0 Å². The van der Waals surface area contributed by atoms with Crippen LogP contribution >= 0.6 is 0 Å². The summed E-state index contributed by atoms with van der Waals surface area (Å²) < 4.78 is 8.06. The zero-order valence-electron chi connectivity index (χ0n) is 19.5. The predicted octanol–water partition coefficient (Wildman–Crippen LogP) is 8.38. The highest BCUT2D eigenvalue weighted by molar-refractivity contribution is 6.15. The Labute approximate surface area is 202 Å². The summed E-state index contributed by atoms with van der Waals surface area (Å²) in [4.78, 5) is 4.32. The zero-order chi connectivity index (χ0) is 23.3. The fourth-order valence-electron chi connectivity index (χ4n) is 6.16. The summed E-state index contributed by atoms with van der Waals surface area (Å²) in [7, 11) is 0. The van der Waals surface area contributed by atoms with E-state index in [2.05, 4.69) is 108 Å². The number of benzene rings is 5. The lowest BCUT2D eigenvalue weighted by atomic mass is 9.82. The van der Waals surface area contributed by atoms with E-state index in [1.165, 1.54) is 61.2 Å². The molecule has 0 saturated heterocycles. The van der Waals surface area contributed by atoms with Crippen molar-refractivity contribution in [1.29, 1.82) is 0 Å². The van der Waals surface area contributed by atoms with Crippen LogP contribution in [0.3, 0.4) is 0 Å². The largest absolute Gasteiger partial charge is 0.443 e. The molecular formula is C32H22N2O. The molecule has 35 heavy (non-hydrogen) atoms. The van der Waals surface area contributed by atoms with E-state index in [1.807, 2.05) is 6.07 Å². The molecule has 1 aliphatic rings. The quantitative estimate of drug-likeness (QED) is 0.251. The fraction of sp³-hybridized carbons (Fsp3) is 0.0938.